The first-order valence-electron chi connectivity index (χ1n) is 8.52. The van der Waals surface area contributed by atoms with Gasteiger partial charge in [0.15, 0.2) is 15.7 Å². The maximum absolute atomic E-state index is 12.6. The van der Waals surface area contributed by atoms with Crippen LogP contribution < -0.4 is 4.74 Å². The van der Waals surface area contributed by atoms with E-state index in [2.05, 4.69) is 25.4 Å². The first-order chi connectivity index (χ1) is 12.8. The maximum atomic E-state index is 12.6. The summed E-state index contributed by atoms with van der Waals surface area (Å²) in [6.45, 7) is 6.04. The Labute approximate surface area is 156 Å². The Balaban J connectivity index is 2.09. The average Bonchev–Trinajstić information content (AvgIpc) is 3.08. The van der Waals surface area contributed by atoms with Gasteiger partial charge >= 0.3 is 5.91 Å². The largest absolute Gasteiger partial charge is 0.493 e. The highest BCUT2D eigenvalue weighted by molar-refractivity contribution is 7.91. The minimum absolute atomic E-state index is 0.00650. The zero-order valence-corrected chi connectivity index (χ0v) is 16.0. The number of ether oxygens (including phenoxy) is 1. The van der Waals surface area contributed by atoms with Gasteiger partial charge < -0.3 is 4.74 Å². The first kappa shape index (κ1) is 19.0. The molecule has 0 spiro atoms. The maximum Gasteiger partial charge on any atom is 0.303 e. The van der Waals surface area contributed by atoms with Gasteiger partial charge in [0.25, 0.3) is 0 Å². The summed E-state index contributed by atoms with van der Waals surface area (Å²) in [6, 6.07) is 4.49. The van der Waals surface area contributed by atoms with E-state index in [1.54, 1.807) is 6.07 Å². The summed E-state index contributed by atoms with van der Waals surface area (Å²) in [7, 11) is -3.50. The van der Waals surface area contributed by atoms with Crippen LogP contribution >= 0.6 is 0 Å². The third kappa shape index (κ3) is 4.00. The van der Waals surface area contributed by atoms with Gasteiger partial charge in [-0.05, 0) is 35.8 Å². The van der Waals surface area contributed by atoms with E-state index in [9.17, 15) is 13.2 Å². The number of aliphatic imine (C=N–C) groups is 2. The van der Waals surface area contributed by atoms with E-state index in [-0.39, 0.29) is 33.9 Å². The fraction of sp³-hybridized carbons (Fsp3) is 0.412. The van der Waals surface area contributed by atoms with Crippen LogP contribution in [0.25, 0.3) is 0 Å². The summed E-state index contributed by atoms with van der Waals surface area (Å²) in [4.78, 5) is 20.4. The van der Waals surface area contributed by atoms with Gasteiger partial charge in [-0.15, -0.1) is 10.2 Å². The lowest BCUT2D eigenvalue weighted by Crippen LogP contribution is -2.26. The van der Waals surface area contributed by atoms with Crippen molar-refractivity contribution in [2.75, 3.05) is 12.4 Å². The SMILES string of the molecule is CCCOc1ccc(S(=O)(=O)CC(C)C)cc1C1=NC(=O)C2=NN=NC2=N1. The van der Waals surface area contributed by atoms with E-state index in [0.29, 0.717) is 17.9 Å². The molecule has 1 amide bonds. The van der Waals surface area contributed by atoms with Crippen molar-refractivity contribution in [2.45, 2.75) is 32.1 Å². The third-order valence-corrected chi connectivity index (χ3v) is 5.76. The zero-order chi connectivity index (χ0) is 19.6. The molecule has 0 saturated heterocycles. The van der Waals surface area contributed by atoms with Crippen molar-refractivity contribution in [2.24, 2.45) is 31.3 Å². The van der Waals surface area contributed by atoms with E-state index < -0.39 is 15.7 Å². The van der Waals surface area contributed by atoms with E-state index in [1.165, 1.54) is 12.1 Å². The predicted octanol–water partition coefficient (Wildman–Crippen LogP) is 2.41. The monoisotopic (exact) mass is 389 g/mol. The molecular weight excluding hydrogens is 370 g/mol. The van der Waals surface area contributed by atoms with Crippen molar-refractivity contribution >= 4 is 33.1 Å². The molecule has 9 nitrogen and oxygen atoms in total. The minimum Gasteiger partial charge on any atom is -0.493 e. The Morgan fingerprint density at radius 3 is 2.63 bits per heavy atom. The van der Waals surface area contributed by atoms with Crippen LogP contribution in [0.2, 0.25) is 0 Å². The van der Waals surface area contributed by atoms with Gasteiger partial charge in [0.1, 0.15) is 5.75 Å². The molecule has 0 N–H and O–H groups in total. The molecule has 0 fully saturated rings. The molecule has 1 aromatic rings. The van der Waals surface area contributed by atoms with Crippen LogP contribution in [-0.2, 0) is 14.6 Å². The number of carbonyl (C=O) groups excluding carboxylic acids is 1. The predicted molar refractivity (Wildman–Crippen MR) is 100 cm³/mol. The van der Waals surface area contributed by atoms with Gasteiger partial charge in [0, 0.05) is 0 Å². The lowest BCUT2D eigenvalue weighted by Gasteiger charge is -2.15. The summed E-state index contributed by atoms with van der Waals surface area (Å²) < 4.78 is 30.9. The highest BCUT2D eigenvalue weighted by Crippen LogP contribution is 2.27. The van der Waals surface area contributed by atoms with Crippen molar-refractivity contribution in [3.8, 4) is 5.75 Å². The molecule has 3 rings (SSSR count). The summed E-state index contributed by atoms with van der Waals surface area (Å²) in [5, 5.41) is 10.7. The van der Waals surface area contributed by atoms with Gasteiger partial charge in [-0.25, -0.2) is 13.4 Å². The van der Waals surface area contributed by atoms with Gasteiger partial charge in [-0.3, -0.25) is 4.79 Å². The summed E-state index contributed by atoms with van der Waals surface area (Å²) in [5.41, 5.74) is 0.286. The van der Waals surface area contributed by atoms with Crippen LogP contribution in [0.15, 0.2) is 48.5 Å². The number of fused-ring (bicyclic) bond motifs is 1. The fourth-order valence-electron chi connectivity index (χ4n) is 2.56. The Morgan fingerprint density at radius 2 is 1.93 bits per heavy atom. The molecule has 0 atom stereocenters. The van der Waals surface area contributed by atoms with Crippen LogP contribution in [0.3, 0.4) is 0 Å². The third-order valence-electron chi connectivity index (χ3n) is 3.68. The van der Waals surface area contributed by atoms with Crippen molar-refractivity contribution in [1.29, 1.82) is 0 Å². The van der Waals surface area contributed by atoms with Crippen LogP contribution in [0.5, 0.6) is 5.75 Å². The number of carbonyl (C=O) groups is 1. The van der Waals surface area contributed by atoms with E-state index in [4.69, 9.17) is 4.74 Å². The first-order valence-corrected chi connectivity index (χ1v) is 10.2. The second kappa shape index (κ2) is 7.47. The molecular formula is C17H19N5O4S. The normalized spacial score (nSPS) is 16.1. The number of hydrogen-bond donors (Lipinski definition) is 0. The Hall–Kier alpha value is -2.75. The number of rotatable bonds is 7. The topological polar surface area (TPSA) is 122 Å². The van der Waals surface area contributed by atoms with Gasteiger partial charge in [0.2, 0.25) is 11.5 Å². The Kier molecular flexibility index (Phi) is 5.26. The number of amides is 1. The lowest BCUT2D eigenvalue weighted by atomic mass is 10.1. The van der Waals surface area contributed by atoms with Gasteiger partial charge in [-0.2, -0.15) is 4.99 Å². The van der Waals surface area contributed by atoms with Crippen LogP contribution in [0.1, 0.15) is 32.8 Å². The fourth-order valence-corrected chi connectivity index (χ4v) is 4.20. The van der Waals surface area contributed by atoms with Crippen molar-refractivity contribution in [3.63, 3.8) is 0 Å². The smallest absolute Gasteiger partial charge is 0.303 e. The number of sulfone groups is 1. The van der Waals surface area contributed by atoms with E-state index >= 15 is 0 Å². The molecule has 1 aromatic carbocycles. The molecule has 0 bridgehead atoms. The lowest BCUT2D eigenvalue weighted by molar-refractivity contribution is -0.111. The number of hydrogen-bond acceptors (Lipinski definition) is 8. The molecule has 10 heteroatoms. The summed E-state index contributed by atoms with van der Waals surface area (Å²) >= 11 is 0. The molecule has 142 valence electrons. The molecule has 0 saturated carbocycles. The summed E-state index contributed by atoms with van der Waals surface area (Å²) in [6.07, 6.45) is 0.762. The Morgan fingerprint density at radius 1 is 1.15 bits per heavy atom. The summed E-state index contributed by atoms with van der Waals surface area (Å²) in [5.74, 6) is -0.166. The number of benzene rings is 1. The quantitative estimate of drug-likeness (QED) is 0.710. The second-order valence-electron chi connectivity index (χ2n) is 6.50. The van der Waals surface area contributed by atoms with E-state index in [1.807, 2.05) is 20.8 Å². The number of amidine groups is 2. The minimum atomic E-state index is -3.50. The Bertz CT molecular complexity index is 1010. The molecule has 2 aliphatic heterocycles. The highest BCUT2D eigenvalue weighted by Gasteiger charge is 2.30. The molecule has 2 heterocycles. The van der Waals surface area contributed by atoms with Crippen molar-refractivity contribution < 1.29 is 17.9 Å². The van der Waals surface area contributed by atoms with Crippen LogP contribution in [-0.4, -0.2) is 44.1 Å². The molecule has 0 aromatic heterocycles. The highest BCUT2D eigenvalue weighted by atomic mass is 32.2. The molecule has 2 aliphatic rings. The average molecular weight is 389 g/mol. The standard InChI is InChI=1S/C17H19N5O4S/c1-4-7-26-13-6-5-11(27(24,25)9-10(2)3)8-12(13)15-18-16-14(17(23)19-15)20-22-21-16/h5-6,8,10H,4,7,9H2,1-3H3. The van der Waals surface area contributed by atoms with Crippen LogP contribution in [0.4, 0.5) is 0 Å². The van der Waals surface area contributed by atoms with Crippen molar-refractivity contribution in [3.05, 3.63) is 23.8 Å². The molecule has 0 aliphatic carbocycles. The zero-order valence-electron chi connectivity index (χ0n) is 15.2. The van der Waals surface area contributed by atoms with Crippen molar-refractivity contribution in [1.82, 2.24) is 0 Å². The van der Waals surface area contributed by atoms with Gasteiger partial charge in [0.05, 0.1) is 22.8 Å². The van der Waals surface area contributed by atoms with Gasteiger partial charge in [-0.1, -0.05) is 20.8 Å². The number of nitrogens with zero attached hydrogens (tertiary/aromatic N) is 5. The molecule has 0 radical (unpaired) electrons. The second-order valence-corrected chi connectivity index (χ2v) is 8.53. The molecule has 0 unspecified atom stereocenters. The van der Waals surface area contributed by atoms with E-state index in [0.717, 1.165) is 6.42 Å². The van der Waals surface area contributed by atoms with Crippen LogP contribution in [0, 0.1) is 5.92 Å². The molecule has 27 heavy (non-hydrogen) atoms.